The van der Waals surface area contributed by atoms with Crippen LogP contribution in [0.15, 0.2) is 48.5 Å². The molecule has 148 valence electrons. The molecule has 0 radical (unpaired) electrons. The molecule has 0 aliphatic rings. The van der Waals surface area contributed by atoms with Crippen LogP contribution in [0.2, 0.25) is 5.02 Å². The number of benzene rings is 2. The van der Waals surface area contributed by atoms with Crippen LogP contribution in [0.1, 0.15) is 13.8 Å². The molecule has 0 unspecified atom stereocenters. The molecule has 0 fully saturated rings. The van der Waals surface area contributed by atoms with Crippen LogP contribution >= 0.6 is 11.6 Å². The number of methoxy groups -OCH3 is 1. The molecule has 4 rings (SSSR count). The van der Waals surface area contributed by atoms with E-state index in [-0.39, 0.29) is 6.04 Å². The van der Waals surface area contributed by atoms with Crippen molar-refractivity contribution in [2.24, 2.45) is 0 Å². The lowest BCUT2D eigenvalue weighted by Gasteiger charge is -2.11. The Hall–Kier alpha value is -3.32. The van der Waals surface area contributed by atoms with Crippen LogP contribution in [0.25, 0.3) is 28.0 Å². The zero-order valence-electron chi connectivity index (χ0n) is 16.3. The van der Waals surface area contributed by atoms with Gasteiger partial charge in [0.05, 0.1) is 23.9 Å². The van der Waals surface area contributed by atoms with Crippen molar-refractivity contribution in [3.63, 3.8) is 0 Å². The highest BCUT2D eigenvalue weighted by Crippen LogP contribution is 2.33. The van der Waals surface area contributed by atoms with Gasteiger partial charge in [0.1, 0.15) is 11.6 Å². The summed E-state index contributed by atoms with van der Waals surface area (Å²) in [5.41, 5.74) is 9.41. The van der Waals surface area contributed by atoms with Gasteiger partial charge in [-0.2, -0.15) is 4.98 Å². The number of hydrogen-bond donors (Lipinski definition) is 2. The van der Waals surface area contributed by atoms with Gasteiger partial charge in [0.2, 0.25) is 5.95 Å². The monoisotopic (exact) mass is 408 g/mol. The Bertz CT molecular complexity index is 1150. The van der Waals surface area contributed by atoms with Gasteiger partial charge < -0.3 is 15.8 Å². The highest BCUT2D eigenvalue weighted by Gasteiger charge is 2.19. The van der Waals surface area contributed by atoms with Gasteiger partial charge in [0.25, 0.3) is 0 Å². The number of rotatable bonds is 5. The van der Waals surface area contributed by atoms with E-state index < -0.39 is 0 Å². The Morgan fingerprint density at radius 2 is 1.72 bits per heavy atom. The number of nitrogens with one attached hydrogen (secondary N) is 1. The van der Waals surface area contributed by atoms with Gasteiger partial charge in [-0.05, 0) is 62.4 Å². The summed E-state index contributed by atoms with van der Waals surface area (Å²) in [4.78, 5) is 9.31. The number of hydrogen-bond acceptors (Lipinski definition) is 6. The summed E-state index contributed by atoms with van der Waals surface area (Å²) in [6, 6.07) is 15.1. The molecule has 2 heterocycles. The Labute approximate surface area is 173 Å². The highest BCUT2D eigenvalue weighted by atomic mass is 35.5. The molecule has 0 aliphatic heterocycles. The van der Waals surface area contributed by atoms with Gasteiger partial charge in [-0.15, -0.1) is 5.10 Å². The average Bonchev–Trinajstić information content (AvgIpc) is 3.04. The second-order valence-electron chi connectivity index (χ2n) is 6.90. The zero-order valence-corrected chi connectivity index (χ0v) is 17.1. The smallest absolute Gasteiger partial charge is 0.225 e. The minimum atomic E-state index is 0.173. The molecule has 0 atom stereocenters. The SMILES string of the molecule is COc1ccc(-c2nc(NC(C)C)nc3nn(-c4ccc(Cl)cc4)c(N)c23)cc1. The fraction of sp³-hybridized carbons (Fsp3) is 0.190. The van der Waals surface area contributed by atoms with Gasteiger partial charge in [-0.1, -0.05) is 11.6 Å². The first kappa shape index (κ1) is 19.0. The predicted molar refractivity (Wildman–Crippen MR) is 117 cm³/mol. The van der Waals surface area contributed by atoms with Crippen LogP contribution in [-0.4, -0.2) is 32.9 Å². The van der Waals surface area contributed by atoms with Crippen LogP contribution in [0.3, 0.4) is 0 Å². The first-order valence-corrected chi connectivity index (χ1v) is 9.57. The van der Waals surface area contributed by atoms with Gasteiger partial charge in [0, 0.05) is 16.6 Å². The molecule has 3 N–H and O–H groups in total. The van der Waals surface area contributed by atoms with Crippen molar-refractivity contribution in [1.29, 1.82) is 0 Å². The van der Waals surface area contributed by atoms with Crippen molar-refractivity contribution in [2.45, 2.75) is 19.9 Å². The largest absolute Gasteiger partial charge is 0.497 e. The lowest BCUT2D eigenvalue weighted by molar-refractivity contribution is 0.415. The minimum absolute atomic E-state index is 0.173. The van der Waals surface area contributed by atoms with Crippen LogP contribution < -0.4 is 15.8 Å². The van der Waals surface area contributed by atoms with E-state index in [1.807, 2.05) is 50.2 Å². The first-order valence-electron chi connectivity index (χ1n) is 9.19. The standard InChI is InChI=1S/C21H21ClN6O/c1-12(2)24-21-25-18(13-4-10-16(29-3)11-5-13)17-19(23)28(27-20(17)26-21)15-8-6-14(22)7-9-15/h4-12H,23H2,1-3H3,(H,24,26,27). The summed E-state index contributed by atoms with van der Waals surface area (Å²) in [6.45, 7) is 4.06. The van der Waals surface area contributed by atoms with Gasteiger partial charge in [-0.3, -0.25) is 0 Å². The fourth-order valence-electron chi connectivity index (χ4n) is 3.07. The Morgan fingerprint density at radius 1 is 1.03 bits per heavy atom. The third kappa shape index (κ3) is 3.69. The summed E-state index contributed by atoms with van der Waals surface area (Å²) in [5.74, 6) is 1.73. The summed E-state index contributed by atoms with van der Waals surface area (Å²) in [7, 11) is 1.64. The van der Waals surface area contributed by atoms with Crippen LogP contribution in [0, 0.1) is 0 Å². The molecule has 8 heteroatoms. The molecule has 7 nitrogen and oxygen atoms in total. The highest BCUT2D eigenvalue weighted by molar-refractivity contribution is 6.30. The van der Waals surface area contributed by atoms with Crippen molar-refractivity contribution < 1.29 is 4.74 Å². The van der Waals surface area contributed by atoms with Crippen molar-refractivity contribution in [3.05, 3.63) is 53.6 Å². The maximum absolute atomic E-state index is 6.50. The zero-order chi connectivity index (χ0) is 20.5. The molecule has 2 aromatic carbocycles. The van der Waals surface area contributed by atoms with E-state index in [0.29, 0.717) is 33.5 Å². The van der Waals surface area contributed by atoms with E-state index in [9.17, 15) is 0 Å². The van der Waals surface area contributed by atoms with Crippen molar-refractivity contribution in [2.75, 3.05) is 18.2 Å². The number of ether oxygens (including phenoxy) is 1. The van der Waals surface area contributed by atoms with E-state index in [4.69, 9.17) is 27.1 Å². The number of fused-ring (bicyclic) bond motifs is 1. The number of nitrogens with zero attached hydrogens (tertiary/aromatic N) is 4. The second kappa shape index (κ2) is 7.60. The molecule has 0 amide bonds. The Balaban J connectivity index is 1.94. The summed E-state index contributed by atoms with van der Waals surface area (Å²) >= 11 is 6.02. The molecular weight excluding hydrogens is 388 g/mol. The molecule has 0 bridgehead atoms. The number of nitrogens with two attached hydrogens (primary N) is 1. The molecule has 4 aromatic rings. The van der Waals surface area contributed by atoms with Gasteiger partial charge >= 0.3 is 0 Å². The maximum atomic E-state index is 6.50. The van der Waals surface area contributed by atoms with E-state index in [1.165, 1.54) is 0 Å². The molecule has 0 aliphatic carbocycles. The fourth-order valence-corrected chi connectivity index (χ4v) is 3.20. The van der Waals surface area contributed by atoms with Crippen molar-refractivity contribution in [3.8, 4) is 22.7 Å². The first-order chi connectivity index (χ1) is 14.0. The number of anilines is 2. The van der Waals surface area contributed by atoms with Crippen LogP contribution in [0.4, 0.5) is 11.8 Å². The third-order valence-electron chi connectivity index (χ3n) is 4.42. The quantitative estimate of drug-likeness (QED) is 0.503. The number of nitrogen functional groups attached to an aromatic ring is 1. The maximum Gasteiger partial charge on any atom is 0.225 e. The molecule has 0 spiro atoms. The Kier molecular flexibility index (Phi) is 4.98. The van der Waals surface area contributed by atoms with E-state index in [1.54, 1.807) is 23.9 Å². The molecular formula is C21H21ClN6O. The van der Waals surface area contributed by atoms with Crippen LogP contribution in [0.5, 0.6) is 5.75 Å². The Morgan fingerprint density at radius 3 is 2.34 bits per heavy atom. The molecule has 29 heavy (non-hydrogen) atoms. The van der Waals surface area contributed by atoms with Gasteiger partial charge in [0.15, 0.2) is 5.65 Å². The van der Waals surface area contributed by atoms with Gasteiger partial charge in [-0.25, -0.2) is 9.67 Å². The van der Waals surface area contributed by atoms with Crippen molar-refractivity contribution in [1.82, 2.24) is 19.7 Å². The average molecular weight is 409 g/mol. The van der Waals surface area contributed by atoms with E-state index in [2.05, 4.69) is 15.4 Å². The van der Waals surface area contributed by atoms with E-state index >= 15 is 0 Å². The molecule has 2 aromatic heterocycles. The summed E-state index contributed by atoms with van der Waals surface area (Å²) in [5, 5.41) is 9.22. The number of aromatic nitrogens is 4. The summed E-state index contributed by atoms with van der Waals surface area (Å²) < 4.78 is 6.92. The topological polar surface area (TPSA) is 90.9 Å². The molecule has 0 saturated heterocycles. The summed E-state index contributed by atoms with van der Waals surface area (Å²) in [6.07, 6.45) is 0. The normalized spacial score (nSPS) is 11.2. The van der Waals surface area contributed by atoms with Crippen LogP contribution in [-0.2, 0) is 0 Å². The third-order valence-corrected chi connectivity index (χ3v) is 4.67. The lowest BCUT2D eigenvalue weighted by atomic mass is 10.1. The molecule has 0 saturated carbocycles. The predicted octanol–water partition coefficient (Wildman–Crippen LogP) is 4.55. The lowest BCUT2D eigenvalue weighted by Crippen LogP contribution is -2.13. The van der Waals surface area contributed by atoms with E-state index in [0.717, 1.165) is 17.0 Å². The second-order valence-corrected chi connectivity index (χ2v) is 7.33. The minimum Gasteiger partial charge on any atom is -0.497 e. The van der Waals surface area contributed by atoms with Crippen molar-refractivity contribution >= 4 is 34.4 Å². The number of halogens is 1.